The average molecular weight is 262 g/mol. The van der Waals surface area contributed by atoms with Crippen LogP contribution in [-0.4, -0.2) is 24.0 Å². The quantitative estimate of drug-likeness (QED) is 0.773. The third-order valence-electron chi connectivity index (χ3n) is 4.31. The van der Waals surface area contributed by atoms with Crippen molar-refractivity contribution in [2.24, 2.45) is 5.73 Å². The largest absolute Gasteiger partial charge is 0.320 e. The lowest BCUT2D eigenvalue weighted by molar-refractivity contribution is 0.116. The second kappa shape index (κ2) is 7.66. The van der Waals surface area contributed by atoms with E-state index in [9.17, 15) is 0 Å². The molecule has 0 aliphatic carbocycles. The average Bonchev–Trinajstić information content (AvgIpc) is 2.47. The molecule has 1 aromatic carbocycles. The van der Waals surface area contributed by atoms with E-state index < -0.39 is 0 Å². The van der Waals surface area contributed by atoms with Gasteiger partial charge in [0.05, 0.1) is 5.54 Å². The zero-order valence-corrected chi connectivity index (χ0v) is 13.0. The van der Waals surface area contributed by atoms with Crippen molar-refractivity contribution in [3.63, 3.8) is 0 Å². The molecule has 2 N–H and O–H groups in total. The summed E-state index contributed by atoms with van der Waals surface area (Å²) in [4.78, 5) is 2.51. The Morgan fingerprint density at radius 1 is 1.05 bits per heavy atom. The van der Waals surface area contributed by atoms with Crippen LogP contribution in [0.4, 0.5) is 0 Å². The molecule has 2 nitrogen and oxygen atoms in total. The van der Waals surface area contributed by atoms with Gasteiger partial charge in [-0.1, -0.05) is 64.4 Å². The molecule has 1 rings (SSSR count). The minimum atomic E-state index is -0.247. The first-order chi connectivity index (χ1) is 9.13. The maximum atomic E-state index is 6.86. The summed E-state index contributed by atoms with van der Waals surface area (Å²) in [6.07, 6.45) is 3.30. The van der Waals surface area contributed by atoms with Crippen LogP contribution in [0.15, 0.2) is 30.3 Å². The van der Waals surface area contributed by atoms with Gasteiger partial charge in [-0.25, -0.2) is 0 Å². The molecule has 0 aliphatic rings. The minimum absolute atomic E-state index is 0.247. The Kier molecular flexibility index (Phi) is 6.53. The van der Waals surface area contributed by atoms with Gasteiger partial charge in [0.2, 0.25) is 0 Å². The highest BCUT2D eigenvalue weighted by molar-refractivity contribution is 5.26. The lowest BCUT2D eigenvalue weighted by Crippen LogP contribution is -2.55. The number of nitrogens with two attached hydrogens (primary N) is 1. The third-order valence-corrected chi connectivity index (χ3v) is 4.31. The fraction of sp³-hybridized carbons (Fsp3) is 0.647. The molecular formula is C17H30N2. The molecule has 108 valence electrons. The van der Waals surface area contributed by atoms with Crippen LogP contribution in [0, 0.1) is 0 Å². The highest BCUT2D eigenvalue weighted by Crippen LogP contribution is 2.31. The van der Waals surface area contributed by atoms with Crippen molar-refractivity contribution in [3.05, 3.63) is 35.9 Å². The summed E-state index contributed by atoms with van der Waals surface area (Å²) in [5.41, 5.74) is 7.88. The van der Waals surface area contributed by atoms with Crippen molar-refractivity contribution < 1.29 is 0 Å². The normalized spacial score (nSPS) is 16.3. The van der Waals surface area contributed by atoms with Gasteiger partial charge in [0.25, 0.3) is 0 Å². The van der Waals surface area contributed by atoms with Crippen LogP contribution in [-0.2, 0) is 5.54 Å². The van der Waals surface area contributed by atoms with Gasteiger partial charge >= 0.3 is 0 Å². The molecule has 0 radical (unpaired) electrons. The van der Waals surface area contributed by atoms with E-state index >= 15 is 0 Å². The number of likely N-dealkylation sites (N-methyl/N-ethyl adjacent to an activating group) is 1. The highest BCUT2D eigenvalue weighted by atomic mass is 15.2. The van der Waals surface area contributed by atoms with Gasteiger partial charge in [0.15, 0.2) is 0 Å². The summed E-state index contributed by atoms with van der Waals surface area (Å²) < 4.78 is 0. The number of hydrogen-bond acceptors (Lipinski definition) is 2. The molecule has 2 heteroatoms. The van der Waals surface area contributed by atoms with E-state index in [1.54, 1.807) is 0 Å². The molecule has 0 bridgehead atoms. The van der Waals surface area contributed by atoms with Crippen molar-refractivity contribution >= 4 is 0 Å². The van der Waals surface area contributed by atoms with Crippen molar-refractivity contribution in [3.8, 4) is 0 Å². The standard InChI is InChI=1S/C17H30N2/c1-5-12-16(19(7-3)8-4)17(18,6-2)15-13-10-9-11-14-15/h9-11,13-14,16H,5-8,12,18H2,1-4H3. The zero-order chi connectivity index (χ0) is 14.3. The van der Waals surface area contributed by atoms with E-state index in [-0.39, 0.29) is 5.54 Å². The number of nitrogens with zero attached hydrogens (tertiary/aromatic N) is 1. The Hall–Kier alpha value is -0.860. The van der Waals surface area contributed by atoms with E-state index in [2.05, 4.69) is 62.9 Å². The lowest BCUT2D eigenvalue weighted by atomic mass is 9.78. The van der Waals surface area contributed by atoms with Crippen molar-refractivity contribution in [2.75, 3.05) is 13.1 Å². The summed E-state index contributed by atoms with van der Waals surface area (Å²) in [5.74, 6) is 0. The van der Waals surface area contributed by atoms with E-state index in [0.717, 1.165) is 25.9 Å². The van der Waals surface area contributed by atoms with Crippen LogP contribution in [0.2, 0.25) is 0 Å². The lowest BCUT2D eigenvalue weighted by Gasteiger charge is -2.43. The first-order valence-electron chi connectivity index (χ1n) is 7.72. The van der Waals surface area contributed by atoms with Crippen LogP contribution >= 0.6 is 0 Å². The first-order valence-corrected chi connectivity index (χ1v) is 7.72. The third kappa shape index (κ3) is 3.58. The van der Waals surface area contributed by atoms with Gasteiger partial charge in [-0.15, -0.1) is 0 Å². The predicted molar refractivity (Wildman–Crippen MR) is 84.2 cm³/mol. The molecule has 19 heavy (non-hydrogen) atoms. The van der Waals surface area contributed by atoms with Crippen LogP contribution in [0.3, 0.4) is 0 Å². The van der Waals surface area contributed by atoms with E-state index in [1.807, 2.05) is 0 Å². The summed E-state index contributed by atoms with van der Waals surface area (Å²) in [7, 11) is 0. The second-order valence-corrected chi connectivity index (χ2v) is 5.29. The fourth-order valence-electron chi connectivity index (χ4n) is 3.08. The molecule has 0 fully saturated rings. The van der Waals surface area contributed by atoms with Crippen molar-refractivity contribution in [2.45, 2.75) is 58.5 Å². The second-order valence-electron chi connectivity index (χ2n) is 5.29. The minimum Gasteiger partial charge on any atom is -0.320 e. The molecule has 0 spiro atoms. The van der Waals surface area contributed by atoms with E-state index in [1.165, 1.54) is 12.0 Å². The van der Waals surface area contributed by atoms with E-state index in [4.69, 9.17) is 5.73 Å². The molecule has 0 amide bonds. The zero-order valence-electron chi connectivity index (χ0n) is 13.0. The number of benzene rings is 1. The Labute approximate surface area is 119 Å². The molecule has 2 atom stereocenters. The van der Waals surface area contributed by atoms with Gasteiger partial charge in [-0.05, 0) is 31.5 Å². The summed E-state index contributed by atoms with van der Waals surface area (Å²) in [6.45, 7) is 11.0. The first kappa shape index (κ1) is 16.2. The van der Waals surface area contributed by atoms with Crippen molar-refractivity contribution in [1.82, 2.24) is 4.90 Å². The van der Waals surface area contributed by atoms with Crippen LogP contribution in [0.25, 0.3) is 0 Å². The Morgan fingerprint density at radius 3 is 2.05 bits per heavy atom. The maximum Gasteiger partial charge on any atom is 0.0564 e. The number of rotatable bonds is 8. The molecule has 1 aromatic rings. The van der Waals surface area contributed by atoms with Gasteiger partial charge in [0, 0.05) is 6.04 Å². The van der Waals surface area contributed by atoms with E-state index in [0.29, 0.717) is 6.04 Å². The van der Waals surface area contributed by atoms with Gasteiger partial charge < -0.3 is 5.73 Å². The van der Waals surface area contributed by atoms with Crippen LogP contribution in [0.5, 0.6) is 0 Å². The molecule has 0 saturated heterocycles. The van der Waals surface area contributed by atoms with Crippen LogP contribution in [0.1, 0.15) is 52.5 Å². The Bertz CT molecular complexity index is 346. The topological polar surface area (TPSA) is 29.3 Å². The fourth-order valence-corrected chi connectivity index (χ4v) is 3.08. The van der Waals surface area contributed by atoms with Crippen LogP contribution < -0.4 is 5.73 Å². The summed E-state index contributed by atoms with van der Waals surface area (Å²) in [6, 6.07) is 11.0. The molecule has 0 heterocycles. The summed E-state index contributed by atoms with van der Waals surface area (Å²) in [5, 5.41) is 0. The Morgan fingerprint density at radius 2 is 1.63 bits per heavy atom. The SMILES string of the molecule is CCCC(N(CC)CC)C(N)(CC)c1ccccc1. The molecule has 2 unspecified atom stereocenters. The van der Waals surface area contributed by atoms with Gasteiger partial charge in [0.1, 0.15) is 0 Å². The maximum absolute atomic E-state index is 6.86. The van der Waals surface area contributed by atoms with Crippen molar-refractivity contribution in [1.29, 1.82) is 0 Å². The molecular weight excluding hydrogens is 232 g/mol. The highest BCUT2D eigenvalue weighted by Gasteiger charge is 2.37. The molecule has 0 aromatic heterocycles. The number of hydrogen-bond donors (Lipinski definition) is 1. The summed E-state index contributed by atoms with van der Waals surface area (Å²) >= 11 is 0. The van der Waals surface area contributed by atoms with Gasteiger partial charge in [-0.2, -0.15) is 0 Å². The Balaban J connectivity index is 3.14. The predicted octanol–water partition coefficient (Wildman–Crippen LogP) is 3.76. The molecule has 0 saturated carbocycles. The van der Waals surface area contributed by atoms with Gasteiger partial charge in [-0.3, -0.25) is 4.90 Å². The smallest absolute Gasteiger partial charge is 0.0564 e. The molecule has 0 aliphatic heterocycles. The monoisotopic (exact) mass is 262 g/mol.